The molecule has 0 aliphatic carbocycles. The predicted molar refractivity (Wildman–Crippen MR) is 118 cm³/mol. The van der Waals surface area contributed by atoms with Crippen LogP contribution in [0.3, 0.4) is 0 Å². The Morgan fingerprint density at radius 2 is 1.39 bits per heavy atom. The van der Waals surface area contributed by atoms with Crippen molar-refractivity contribution in [1.29, 1.82) is 0 Å². The van der Waals surface area contributed by atoms with Gasteiger partial charge < -0.3 is 0 Å². The van der Waals surface area contributed by atoms with Crippen LogP contribution in [-0.2, 0) is 9.84 Å². The van der Waals surface area contributed by atoms with Crippen LogP contribution in [0.15, 0.2) is 77.7 Å². The number of hydrogen-bond acceptors (Lipinski definition) is 2. The molecule has 0 aliphatic rings. The molecule has 3 aromatic rings. The van der Waals surface area contributed by atoms with Crippen LogP contribution >= 0.6 is 0 Å². The summed E-state index contributed by atoms with van der Waals surface area (Å²) in [5, 5.41) is -0.596. The van der Waals surface area contributed by atoms with Gasteiger partial charge in [-0.25, -0.2) is 8.42 Å². The topological polar surface area (TPSA) is 34.1 Å². The molecule has 0 amide bonds. The van der Waals surface area contributed by atoms with E-state index >= 15 is 0 Å². The first kappa shape index (κ1) is 20.1. The Kier molecular flexibility index (Phi) is 5.85. The predicted octanol–water partition coefficient (Wildman–Crippen LogP) is 6.15. The van der Waals surface area contributed by atoms with Crippen LogP contribution in [0.1, 0.15) is 29.2 Å². The van der Waals surface area contributed by atoms with Crippen LogP contribution in [0, 0.1) is 20.8 Å². The highest BCUT2D eigenvalue weighted by molar-refractivity contribution is 7.92. The fourth-order valence-electron chi connectivity index (χ4n) is 3.58. The van der Waals surface area contributed by atoms with Crippen LogP contribution in [0.2, 0.25) is 0 Å². The van der Waals surface area contributed by atoms with Crippen molar-refractivity contribution in [2.24, 2.45) is 0 Å². The molecule has 0 radical (unpaired) electrons. The molecule has 2 nitrogen and oxygen atoms in total. The Bertz CT molecular complexity index is 1070. The second-order valence-electron chi connectivity index (χ2n) is 7.32. The molecule has 144 valence electrons. The summed E-state index contributed by atoms with van der Waals surface area (Å²) in [7, 11) is -3.42. The third-order valence-corrected chi connectivity index (χ3v) is 7.06. The molecule has 1 atom stereocenters. The van der Waals surface area contributed by atoms with Gasteiger partial charge in [0.05, 0.1) is 10.1 Å². The lowest BCUT2D eigenvalue weighted by atomic mass is 9.94. The lowest BCUT2D eigenvalue weighted by Crippen LogP contribution is -2.15. The van der Waals surface area contributed by atoms with Crippen LogP contribution in [-0.4, -0.2) is 13.7 Å². The van der Waals surface area contributed by atoms with E-state index in [9.17, 15) is 8.42 Å². The van der Waals surface area contributed by atoms with E-state index in [1.165, 1.54) is 22.3 Å². The molecule has 28 heavy (non-hydrogen) atoms. The van der Waals surface area contributed by atoms with Gasteiger partial charge in [0.2, 0.25) is 0 Å². The molecule has 0 spiro atoms. The molecule has 0 N–H and O–H groups in total. The summed E-state index contributed by atoms with van der Waals surface area (Å²) in [5.74, 6) is 0. The van der Waals surface area contributed by atoms with Gasteiger partial charge in [0.15, 0.2) is 9.84 Å². The molecular formula is C25H26O2S. The fourth-order valence-corrected chi connectivity index (χ4v) is 4.81. The van der Waals surface area contributed by atoms with Crippen LogP contribution < -0.4 is 0 Å². The van der Waals surface area contributed by atoms with E-state index < -0.39 is 15.1 Å². The summed E-state index contributed by atoms with van der Waals surface area (Å²) in [6.45, 7) is 7.99. The molecule has 0 saturated heterocycles. The summed E-state index contributed by atoms with van der Waals surface area (Å²) in [5.41, 5.74) is 6.84. The van der Waals surface area contributed by atoms with Gasteiger partial charge in [-0.1, -0.05) is 72.3 Å². The van der Waals surface area contributed by atoms with Crippen molar-refractivity contribution in [3.63, 3.8) is 0 Å². The van der Waals surface area contributed by atoms with E-state index in [0.29, 0.717) is 4.90 Å². The smallest absolute Gasteiger partial charge is 0.184 e. The number of rotatable bonds is 5. The lowest BCUT2D eigenvalue weighted by molar-refractivity contribution is 0.591. The van der Waals surface area contributed by atoms with Crippen LogP contribution in [0.5, 0.6) is 0 Å². The van der Waals surface area contributed by atoms with Crippen molar-refractivity contribution >= 4 is 15.9 Å². The fraction of sp³-hybridized carbons (Fsp3) is 0.200. The van der Waals surface area contributed by atoms with E-state index in [0.717, 1.165) is 11.1 Å². The van der Waals surface area contributed by atoms with E-state index in [-0.39, 0.29) is 0 Å². The van der Waals surface area contributed by atoms with E-state index in [1.54, 1.807) is 25.1 Å². The maximum Gasteiger partial charge on any atom is 0.184 e. The maximum atomic E-state index is 12.9. The van der Waals surface area contributed by atoms with E-state index in [4.69, 9.17) is 0 Å². The molecule has 0 aliphatic heterocycles. The first-order valence-electron chi connectivity index (χ1n) is 9.44. The quantitative estimate of drug-likeness (QED) is 0.523. The third kappa shape index (κ3) is 4.26. The van der Waals surface area contributed by atoms with Crippen molar-refractivity contribution in [2.75, 3.05) is 0 Å². The third-order valence-electron chi connectivity index (χ3n) is 5.00. The molecule has 0 heterocycles. The van der Waals surface area contributed by atoms with E-state index in [2.05, 4.69) is 32.9 Å². The Hall–Kier alpha value is -2.65. The summed E-state index contributed by atoms with van der Waals surface area (Å²) < 4.78 is 25.9. The number of aryl methyl sites for hydroxylation is 3. The highest BCUT2D eigenvalue weighted by Gasteiger charge is 2.21. The minimum atomic E-state index is -3.42. The minimum absolute atomic E-state index is 0.351. The van der Waals surface area contributed by atoms with Crippen molar-refractivity contribution in [2.45, 2.75) is 37.8 Å². The molecule has 3 heteroatoms. The molecule has 3 rings (SSSR count). The molecule has 3 aromatic carbocycles. The summed E-state index contributed by atoms with van der Waals surface area (Å²) >= 11 is 0. The average molecular weight is 391 g/mol. The van der Waals surface area contributed by atoms with Gasteiger partial charge in [-0.05, 0) is 67.6 Å². The van der Waals surface area contributed by atoms with Crippen molar-refractivity contribution in [3.05, 3.63) is 95.1 Å². The number of sulfone groups is 1. The zero-order valence-electron chi connectivity index (χ0n) is 16.8. The van der Waals surface area contributed by atoms with Gasteiger partial charge >= 0.3 is 0 Å². The highest BCUT2D eigenvalue weighted by Crippen LogP contribution is 2.30. The molecule has 0 aromatic heterocycles. The standard InChI is InChI=1S/C25H26O2S/c1-18-16-19(2)25(20(3)17-18)23-12-14-24(15-13-23)28(26,27)21(4)10-11-22-8-6-5-7-9-22/h5-17,21H,1-4H3/b11-10+. The Labute approximate surface area is 168 Å². The number of hydrogen-bond donors (Lipinski definition) is 0. The Balaban J connectivity index is 1.87. The average Bonchev–Trinajstić information content (AvgIpc) is 2.66. The van der Waals surface area contributed by atoms with Gasteiger partial charge in [0.1, 0.15) is 0 Å². The van der Waals surface area contributed by atoms with Gasteiger partial charge in [-0.15, -0.1) is 0 Å². The first-order chi connectivity index (χ1) is 13.3. The normalized spacial score (nSPS) is 13.0. The van der Waals surface area contributed by atoms with Crippen LogP contribution in [0.25, 0.3) is 17.2 Å². The highest BCUT2D eigenvalue weighted by atomic mass is 32.2. The van der Waals surface area contributed by atoms with Crippen molar-refractivity contribution < 1.29 is 8.42 Å². The first-order valence-corrected chi connectivity index (χ1v) is 11.0. The zero-order valence-corrected chi connectivity index (χ0v) is 17.6. The van der Waals surface area contributed by atoms with Crippen molar-refractivity contribution in [3.8, 4) is 11.1 Å². The molecular weight excluding hydrogens is 364 g/mol. The summed E-state index contributed by atoms with van der Waals surface area (Å²) in [6, 6.07) is 21.3. The lowest BCUT2D eigenvalue weighted by Gasteiger charge is -2.13. The Morgan fingerprint density at radius 1 is 0.821 bits per heavy atom. The SMILES string of the molecule is Cc1cc(C)c(-c2ccc(S(=O)(=O)C(C)/C=C/c3ccccc3)cc2)c(C)c1. The second kappa shape index (κ2) is 8.15. The van der Waals surface area contributed by atoms with Gasteiger partial charge in [-0.3, -0.25) is 0 Å². The van der Waals surface area contributed by atoms with Crippen LogP contribution in [0.4, 0.5) is 0 Å². The molecule has 0 fully saturated rings. The minimum Gasteiger partial charge on any atom is -0.223 e. The molecule has 1 unspecified atom stereocenters. The molecule has 0 bridgehead atoms. The zero-order chi connectivity index (χ0) is 20.3. The van der Waals surface area contributed by atoms with Crippen molar-refractivity contribution in [1.82, 2.24) is 0 Å². The molecule has 0 saturated carbocycles. The van der Waals surface area contributed by atoms with Gasteiger partial charge in [-0.2, -0.15) is 0 Å². The van der Waals surface area contributed by atoms with Gasteiger partial charge in [0, 0.05) is 0 Å². The summed E-state index contributed by atoms with van der Waals surface area (Å²) in [6.07, 6.45) is 3.60. The number of benzene rings is 3. The Morgan fingerprint density at radius 3 is 1.96 bits per heavy atom. The van der Waals surface area contributed by atoms with Gasteiger partial charge in [0.25, 0.3) is 0 Å². The summed E-state index contributed by atoms with van der Waals surface area (Å²) in [4.78, 5) is 0.351. The largest absolute Gasteiger partial charge is 0.223 e. The van der Waals surface area contributed by atoms with E-state index in [1.807, 2.05) is 48.5 Å². The maximum absolute atomic E-state index is 12.9. The second-order valence-corrected chi connectivity index (χ2v) is 9.62. The monoisotopic (exact) mass is 390 g/mol.